The number of aryl methyl sites for hydroxylation is 1. The van der Waals surface area contributed by atoms with Crippen molar-refractivity contribution >= 4 is 33.0 Å². The third-order valence-electron chi connectivity index (χ3n) is 5.35. The number of nitrogens with zero attached hydrogens (tertiary/aromatic N) is 4. The minimum atomic E-state index is 0.703. The molecule has 3 aromatic carbocycles. The largest absolute Gasteiger partial charge is 0.363 e. The normalized spacial score (nSPS) is 11.4. The first kappa shape index (κ1) is 17.9. The van der Waals surface area contributed by atoms with Crippen LogP contribution in [-0.4, -0.2) is 20.3 Å². The van der Waals surface area contributed by atoms with E-state index in [9.17, 15) is 0 Å². The molecule has 0 aliphatic heterocycles. The highest BCUT2D eigenvalue weighted by atomic mass is 32.1. The lowest BCUT2D eigenvalue weighted by molar-refractivity contribution is 0.428. The van der Waals surface area contributed by atoms with Gasteiger partial charge in [0.1, 0.15) is 28.2 Å². The smallest absolute Gasteiger partial charge is 0.144 e. The van der Waals surface area contributed by atoms with Gasteiger partial charge in [0.15, 0.2) is 0 Å². The Kier molecular flexibility index (Phi) is 4.11. The summed E-state index contributed by atoms with van der Waals surface area (Å²) in [6.07, 6.45) is 1.64. The molecule has 6 rings (SSSR count). The Balaban J connectivity index is 1.50. The van der Waals surface area contributed by atoms with E-state index in [1.807, 2.05) is 43.3 Å². The van der Waals surface area contributed by atoms with Gasteiger partial charge in [0, 0.05) is 11.1 Å². The van der Waals surface area contributed by atoms with Gasteiger partial charge >= 0.3 is 0 Å². The van der Waals surface area contributed by atoms with E-state index < -0.39 is 0 Å². The van der Waals surface area contributed by atoms with E-state index in [0.29, 0.717) is 11.2 Å². The van der Waals surface area contributed by atoms with Crippen LogP contribution in [0.25, 0.3) is 54.1 Å². The van der Waals surface area contributed by atoms with Gasteiger partial charge in [0.2, 0.25) is 0 Å². The number of thiazole rings is 1. The van der Waals surface area contributed by atoms with Crippen LogP contribution in [0.3, 0.4) is 0 Å². The van der Waals surface area contributed by atoms with E-state index >= 15 is 0 Å². The second-order valence-electron chi connectivity index (χ2n) is 7.34. The van der Waals surface area contributed by atoms with Crippen LogP contribution in [0, 0.1) is 6.92 Å². The molecule has 0 aliphatic carbocycles. The topological polar surface area (TPSA) is 64.7 Å². The molecule has 0 spiro atoms. The molecule has 0 fully saturated rings. The van der Waals surface area contributed by atoms with Gasteiger partial charge in [-0.15, -0.1) is 21.5 Å². The van der Waals surface area contributed by atoms with E-state index in [-0.39, 0.29) is 0 Å². The van der Waals surface area contributed by atoms with Crippen LogP contribution in [-0.2, 0) is 0 Å². The molecule has 0 amide bonds. The average Bonchev–Trinajstić information content (AvgIpc) is 3.46. The van der Waals surface area contributed by atoms with Gasteiger partial charge in [0.05, 0.1) is 16.0 Å². The molecule has 3 heterocycles. The molecule has 0 bridgehead atoms. The summed E-state index contributed by atoms with van der Waals surface area (Å²) in [5, 5.41) is 17.5. The van der Waals surface area contributed by atoms with Crippen molar-refractivity contribution in [2.75, 3.05) is 0 Å². The summed E-state index contributed by atoms with van der Waals surface area (Å²) in [5.41, 5.74) is 5.13. The molecule has 3 aromatic heterocycles. The standard InChI is InChI=1S/C25H16N4OS/c1-15-24(31-25(26-15)17-8-3-2-4-9-17)23-20-14-30-29-22(20)21(27-28-23)19-12-11-16-7-5-6-10-18(16)13-19/h2-14H,1H3. The molecule has 31 heavy (non-hydrogen) atoms. The molecule has 148 valence electrons. The molecule has 0 saturated carbocycles. The maximum atomic E-state index is 5.36. The third-order valence-corrected chi connectivity index (χ3v) is 6.57. The van der Waals surface area contributed by atoms with Crippen molar-refractivity contribution in [3.05, 3.63) is 84.8 Å². The highest BCUT2D eigenvalue weighted by molar-refractivity contribution is 7.18. The molecule has 0 radical (unpaired) electrons. The van der Waals surface area contributed by atoms with Crippen molar-refractivity contribution in [3.63, 3.8) is 0 Å². The van der Waals surface area contributed by atoms with Crippen molar-refractivity contribution in [1.82, 2.24) is 20.3 Å². The zero-order chi connectivity index (χ0) is 20.8. The predicted molar refractivity (Wildman–Crippen MR) is 124 cm³/mol. The number of rotatable bonds is 3. The Labute approximate surface area is 182 Å². The molecule has 6 heteroatoms. The van der Waals surface area contributed by atoms with Crippen molar-refractivity contribution in [2.45, 2.75) is 6.92 Å². The fraction of sp³-hybridized carbons (Fsp3) is 0.0400. The molecule has 0 unspecified atom stereocenters. The number of fused-ring (bicyclic) bond motifs is 2. The van der Waals surface area contributed by atoms with Crippen LogP contribution in [0.15, 0.2) is 83.6 Å². The first-order chi connectivity index (χ1) is 15.3. The van der Waals surface area contributed by atoms with Crippen molar-refractivity contribution in [2.24, 2.45) is 0 Å². The second-order valence-corrected chi connectivity index (χ2v) is 8.33. The monoisotopic (exact) mass is 420 g/mol. The Morgan fingerprint density at radius 2 is 1.55 bits per heavy atom. The first-order valence-corrected chi connectivity index (χ1v) is 10.7. The van der Waals surface area contributed by atoms with Gasteiger partial charge in [-0.1, -0.05) is 71.9 Å². The van der Waals surface area contributed by atoms with Crippen molar-refractivity contribution < 1.29 is 4.52 Å². The maximum absolute atomic E-state index is 5.36. The lowest BCUT2D eigenvalue weighted by Gasteiger charge is -2.05. The van der Waals surface area contributed by atoms with E-state index in [0.717, 1.165) is 43.2 Å². The summed E-state index contributed by atoms with van der Waals surface area (Å²) in [7, 11) is 0. The van der Waals surface area contributed by atoms with E-state index in [4.69, 9.17) is 9.51 Å². The highest BCUT2D eigenvalue weighted by Gasteiger charge is 2.20. The second kappa shape index (κ2) is 7.11. The molecule has 0 atom stereocenters. The molecular weight excluding hydrogens is 404 g/mol. The molecule has 5 nitrogen and oxygen atoms in total. The summed E-state index contributed by atoms with van der Waals surface area (Å²) in [5.74, 6) is 0. The van der Waals surface area contributed by atoms with Crippen LogP contribution < -0.4 is 0 Å². The van der Waals surface area contributed by atoms with Crippen LogP contribution >= 0.6 is 11.3 Å². The first-order valence-electron chi connectivity index (χ1n) is 9.91. The zero-order valence-electron chi connectivity index (χ0n) is 16.6. The minimum Gasteiger partial charge on any atom is -0.363 e. The quantitative estimate of drug-likeness (QED) is 0.325. The lowest BCUT2D eigenvalue weighted by atomic mass is 10.0. The van der Waals surface area contributed by atoms with Gasteiger partial charge in [-0.25, -0.2) is 4.98 Å². The predicted octanol–water partition coefficient (Wildman–Crippen LogP) is 6.54. The van der Waals surface area contributed by atoms with Crippen LogP contribution in [0.5, 0.6) is 0 Å². The van der Waals surface area contributed by atoms with E-state index in [1.54, 1.807) is 17.6 Å². The van der Waals surface area contributed by atoms with Gasteiger partial charge < -0.3 is 4.52 Å². The average molecular weight is 420 g/mol. The Morgan fingerprint density at radius 3 is 2.42 bits per heavy atom. The summed E-state index contributed by atoms with van der Waals surface area (Å²) in [6, 6.07) is 24.7. The Hall–Kier alpha value is -3.90. The fourth-order valence-electron chi connectivity index (χ4n) is 3.80. The van der Waals surface area contributed by atoms with Crippen LogP contribution in [0.4, 0.5) is 0 Å². The van der Waals surface area contributed by atoms with Crippen LogP contribution in [0.2, 0.25) is 0 Å². The summed E-state index contributed by atoms with van der Waals surface area (Å²) >= 11 is 1.60. The van der Waals surface area contributed by atoms with Crippen molar-refractivity contribution in [3.8, 4) is 32.4 Å². The number of benzene rings is 3. The molecular formula is C25H16N4OS. The fourth-order valence-corrected chi connectivity index (χ4v) is 4.87. The maximum Gasteiger partial charge on any atom is 0.144 e. The van der Waals surface area contributed by atoms with E-state index in [1.165, 1.54) is 5.39 Å². The van der Waals surface area contributed by atoms with E-state index in [2.05, 4.69) is 51.8 Å². The SMILES string of the molecule is Cc1nc(-c2ccccc2)sc1-c1nnc(-c2ccc3ccccc3c2)c2nocc12. The minimum absolute atomic E-state index is 0.703. The lowest BCUT2D eigenvalue weighted by Crippen LogP contribution is -1.94. The summed E-state index contributed by atoms with van der Waals surface area (Å²) < 4.78 is 5.36. The number of hydrogen-bond acceptors (Lipinski definition) is 6. The van der Waals surface area contributed by atoms with Crippen LogP contribution in [0.1, 0.15) is 5.69 Å². The van der Waals surface area contributed by atoms with Gasteiger partial charge in [-0.2, -0.15) is 0 Å². The molecule has 0 saturated heterocycles. The summed E-state index contributed by atoms with van der Waals surface area (Å²) in [4.78, 5) is 5.74. The zero-order valence-corrected chi connectivity index (χ0v) is 17.4. The Morgan fingerprint density at radius 1 is 0.774 bits per heavy atom. The molecule has 0 aliphatic rings. The Bertz CT molecular complexity index is 1550. The summed E-state index contributed by atoms with van der Waals surface area (Å²) in [6.45, 7) is 2.00. The number of aromatic nitrogens is 4. The molecule has 0 N–H and O–H groups in total. The van der Waals surface area contributed by atoms with Gasteiger partial charge in [-0.3, -0.25) is 0 Å². The highest BCUT2D eigenvalue weighted by Crippen LogP contribution is 2.38. The van der Waals surface area contributed by atoms with Gasteiger partial charge in [0.25, 0.3) is 0 Å². The van der Waals surface area contributed by atoms with Gasteiger partial charge in [-0.05, 0) is 23.8 Å². The van der Waals surface area contributed by atoms with Crippen molar-refractivity contribution in [1.29, 1.82) is 0 Å². The third kappa shape index (κ3) is 3.00. The number of hydrogen-bond donors (Lipinski definition) is 0. The molecule has 6 aromatic rings.